The minimum absolute atomic E-state index is 0.0572. The van der Waals surface area contributed by atoms with E-state index in [-0.39, 0.29) is 11.4 Å². The fourth-order valence-electron chi connectivity index (χ4n) is 3.88. The zero-order valence-corrected chi connectivity index (χ0v) is 14.5. The summed E-state index contributed by atoms with van der Waals surface area (Å²) in [5.41, 5.74) is 3.29. The summed E-state index contributed by atoms with van der Waals surface area (Å²) >= 11 is 3.44. The predicted octanol–water partition coefficient (Wildman–Crippen LogP) is 1.42. The number of hydrogen-bond acceptors (Lipinski definition) is 2. The smallest absolute Gasteiger partial charge is 0.253 e. The van der Waals surface area contributed by atoms with Gasteiger partial charge in [-0.2, -0.15) is 0 Å². The summed E-state index contributed by atoms with van der Waals surface area (Å²) in [4.78, 5) is 22.5. The van der Waals surface area contributed by atoms with Crippen LogP contribution in [0, 0.1) is 0 Å². The van der Waals surface area contributed by atoms with Crippen molar-refractivity contribution in [3.63, 3.8) is 0 Å². The molecule has 1 aromatic carbocycles. The van der Waals surface area contributed by atoms with Crippen molar-refractivity contribution in [2.24, 2.45) is 0 Å². The van der Waals surface area contributed by atoms with Crippen LogP contribution >= 0.6 is 15.9 Å². The van der Waals surface area contributed by atoms with Gasteiger partial charge in [0.2, 0.25) is 0 Å². The third-order valence-electron chi connectivity index (χ3n) is 5.13. The number of fused-ring (bicyclic) bond motifs is 2. The van der Waals surface area contributed by atoms with Gasteiger partial charge in [-0.1, -0.05) is 22.0 Å². The maximum Gasteiger partial charge on any atom is 0.253 e. The maximum absolute atomic E-state index is 12.7. The second-order valence-corrected chi connectivity index (χ2v) is 7.35. The maximum atomic E-state index is 12.7. The van der Waals surface area contributed by atoms with Crippen molar-refractivity contribution in [1.82, 2.24) is 14.9 Å². The quantitative estimate of drug-likeness (QED) is 0.791. The lowest BCUT2D eigenvalue weighted by molar-refractivity contribution is -0.743. The van der Waals surface area contributed by atoms with Crippen molar-refractivity contribution >= 4 is 21.8 Å². The summed E-state index contributed by atoms with van der Waals surface area (Å²) in [6.07, 6.45) is 4.79. The van der Waals surface area contributed by atoms with Gasteiger partial charge in [0.05, 0.1) is 12.9 Å². The summed E-state index contributed by atoms with van der Waals surface area (Å²) < 4.78 is 0.943. The van der Waals surface area contributed by atoms with Crippen LogP contribution in [0.1, 0.15) is 34.6 Å². The highest BCUT2D eigenvalue weighted by atomic mass is 79.9. The number of rotatable bonds is 1. The molecule has 5 nitrogen and oxygen atoms in total. The number of carbonyl (C=O) groups is 1. The average molecular weight is 376 g/mol. The van der Waals surface area contributed by atoms with E-state index in [2.05, 4.69) is 31.2 Å². The third kappa shape index (κ3) is 2.60. The second-order valence-electron chi connectivity index (χ2n) is 6.43. The molecule has 1 amide bonds. The molecule has 3 heterocycles. The number of imidazole rings is 1. The van der Waals surface area contributed by atoms with Crippen LogP contribution in [0.15, 0.2) is 35.1 Å². The molecule has 1 fully saturated rings. The molecule has 1 saturated heterocycles. The number of amides is 1. The molecule has 0 saturated carbocycles. The Labute approximate surface area is 143 Å². The number of likely N-dealkylation sites (tertiary alicyclic amines) is 1. The Morgan fingerprint density at radius 3 is 2.96 bits per heavy atom. The van der Waals surface area contributed by atoms with E-state index < -0.39 is 0 Å². The Balaban J connectivity index is 1.51. The first-order valence-electron chi connectivity index (χ1n) is 8.10. The molecule has 120 valence electrons. The van der Waals surface area contributed by atoms with Gasteiger partial charge in [-0.05, 0) is 18.2 Å². The normalized spacial score (nSPS) is 19.6. The second kappa shape index (κ2) is 5.76. The summed E-state index contributed by atoms with van der Waals surface area (Å²) in [6.45, 7) is 2.66. The first kappa shape index (κ1) is 14.9. The van der Waals surface area contributed by atoms with E-state index in [1.54, 1.807) is 0 Å². The van der Waals surface area contributed by atoms with Gasteiger partial charge in [0, 0.05) is 48.1 Å². The standard InChI is InChI=1S/C17H19BrN4O/c18-13-3-1-2-12(10-13)16(23)22-8-5-17(6-9-22)15-14(4-7-21-17)19-11-20-15/h1-3,10-11,21H,4-9H2,(H,19,20)/p+1. The number of halogens is 1. The van der Waals surface area contributed by atoms with Gasteiger partial charge in [0.25, 0.3) is 5.91 Å². The Kier molecular flexibility index (Phi) is 3.73. The number of aromatic amines is 1. The topological polar surface area (TPSA) is 65.6 Å². The minimum atomic E-state index is 0.0572. The zero-order valence-electron chi connectivity index (χ0n) is 12.9. The van der Waals surface area contributed by atoms with Crippen LogP contribution in [0.4, 0.5) is 0 Å². The molecule has 23 heavy (non-hydrogen) atoms. The zero-order chi connectivity index (χ0) is 15.9. The molecule has 3 N–H and O–H groups in total. The van der Waals surface area contributed by atoms with E-state index in [1.165, 1.54) is 11.4 Å². The molecule has 1 aromatic heterocycles. The summed E-state index contributed by atoms with van der Waals surface area (Å²) in [5.74, 6) is 0.124. The van der Waals surface area contributed by atoms with Crippen LogP contribution < -0.4 is 5.32 Å². The molecule has 2 aromatic rings. The molecular formula is C17H20BrN4O+. The van der Waals surface area contributed by atoms with Gasteiger partial charge in [0.15, 0.2) is 0 Å². The minimum Gasteiger partial charge on any atom is -0.348 e. The van der Waals surface area contributed by atoms with Crippen molar-refractivity contribution in [2.45, 2.75) is 24.8 Å². The molecule has 2 aliphatic rings. The molecule has 6 heteroatoms. The van der Waals surface area contributed by atoms with Crippen LogP contribution in [0.25, 0.3) is 0 Å². The van der Waals surface area contributed by atoms with Gasteiger partial charge < -0.3 is 15.2 Å². The number of aromatic nitrogens is 2. The molecular weight excluding hydrogens is 356 g/mol. The fraction of sp³-hybridized carbons (Fsp3) is 0.412. The van der Waals surface area contributed by atoms with E-state index >= 15 is 0 Å². The Hall–Kier alpha value is -1.66. The van der Waals surface area contributed by atoms with Crippen molar-refractivity contribution < 1.29 is 10.1 Å². The van der Waals surface area contributed by atoms with E-state index in [0.717, 1.165) is 48.9 Å². The number of piperidine rings is 1. The van der Waals surface area contributed by atoms with Crippen molar-refractivity contribution in [1.29, 1.82) is 0 Å². The largest absolute Gasteiger partial charge is 0.348 e. The first-order valence-corrected chi connectivity index (χ1v) is 8.89. The van der Waals surface area contributed by atoms with Gasteiger partial charge in [0.1, 0.15) is 11.2 Å². The van der Waals surface area contributed by atoms with Crippen LogP contribution in [-0.4, -0.2) is 40.4 Å². The van der Waals surface area contributed by atoms with Crippen LogP contribution in [0.3, 0.4) is 0 Å². The summed E-state index contributed by atoms with van der Waals surface area (Å²) in [6, 6.07) is 7.63. The average Bonchev–Trinajstić information content (AvgIpc) is 3.05. The molecule has 0 aliphatic carbocycles. The number of carbonyl (C=O) groups excluding carboxylic acids is 1. The molecule has 0 bridgehead atoms. The van der Waals surface area contributed by atoms with E-state index in [0.29, 0.717) is 0 Å². The lowest BCUT2D eigenvalue weighted by atomic mass is 9.80. The Bertz CT molecular complexity index is 734. The summed E-state index contributed by atoms with van der Waals surface area (Å²) in [7, 11) is 0. The van der Waals surface area contributed by atoms with Crippen LogP contribution in [0.2, 0.25) is 0 Å². The third-order valence-corrected chi connectivity index (χ3v) is 5.63. The number of nitrogens with zero attached hydrogens (tertiary/aromatic N) is 2. The van der Waals surface area contributed by atoms with Gasteiger partial charge in [-0.25, -0.2) is 4.98 Å². The number of benzene rings is 1. The highest BCUT2D eigenvalue weighted by molar-refractivity contribution is 9.10. The van der Waals surface area contributed by atoms with Gasteiger partial charge in [-0.3, -0.25) is 4.79 Å². The number of quaternary nitrogens is 1. The lowest BCUT2D eigenvalue weighted by Gasteiger charge is -2.41. The lowest BCUT2D eigenvalue weighted by Crippen LogP contribution is -2.97. The molecule has 1 spiro atoms. The van der Waals surface area contributed by atoms with Crippen LogP contribution in [-0.2, 0) is 12.0 Å². The van der Waals surface area contributed by atoms with Gasteiger partial charge in [-0.15, -0.1) is 0 Å². The Morgan fingerprint density at radius 1 is 1.35 bits per heavy atom. The highest BCUT2D eigenvalue weighted by Gasteiger charge is 2.45. The van der Waals surface area contributed by atoms with Gasteiger partial charge >= 0.3 is 0 Å². The van der Waals surface area contributed by atoms with E-state index in [1.807, 2.05) is 35.5 Å². The number of hydrogen-bond donors (Lipinski definition) is 2. The monoisotopic (exact) mass is 375 g/mol. The van der Waals surface area contributed by atoms with Crippen molar-refractivity contribution in [3.05, 3.63) is 52.0 Å². The SMILES string of the molecule is O=C(c1cccc(Br)c1)N1CCC2(CC1)[NH2+]CCc1[nH]cnc12. The van der Waals surface area contributed by atoms with Crippen molar-refractivity contribution in [3.8, 4) is 0 Å². The number of H-pyrrole nitrogens is 1. The first-order chi connectivity index (χ1) is 11.2. The Morgan fingerprint density at radius 2 is 2.17 bits per heavy atom. The molecule has 4 rings (SSSR count). The predicted molar refractivity (Wildman–Crippen MR) is 90.0 cm³/mol. The number of nitrogens with two attached hydrogens (primary N) is 1. The van der Waals surface area contributed by atoms with Crippen LogP contribution in [0.5, 0.6) is 0 Å². The van der Waals surface area contributed by atoms with Crippen molar-refractivity contribution in [2.75, 3.05) is 19.6 Å². The fourth-order valence-corrected chi connectivity index (χ4v) is 4.28. The molecule has 0 atom stereocenters. The van der Waals surface area contributed by atoms with E-state index in [9.17, 15) is 4.79 Å². The number of nitrogens with one attached hydrogen (secondary N) is 1. The highest BCUT2D eigenvalue weighted by Crippen LogP contribution is 2.32. The molecule has 0 radical (unpaired) electrons. The molecule has 0 unspecified atom stereocenters. The molecule has 2 aliphatic heterocycles. The summed E-state index contributed by atoms with van der Waals surface area (Å²) in [5, 5.41) is 2.43. The van der Waals surface area contributed by atoms with E-state index in [4.69, 9.17) is 0 Å².